The van der Waals surface area contributed by atoms with Crippen molar-refractivity contribution in [3.05, 3.63) is 70.0 Å². The summed E-state index contributed by atoms with van der Waals surface area (Å²) in [4.78, 5) is 30.6. The summed E-state index contributed by atoms with van der Waals surface area (Å²) in [5.41, 5.74) is 1.02. The Kier molecular flexibility index (Phi) is 5.64. The number of hydrogen-bond donors (Lipinski definition) is 1. The number of carbonyl (C=O) groups excluding carboxylic acids is 1. The molecule has 0 saturated carbocycles. The van der Waals surface area contributed by atoms with Crippen molar-refractivity contribution in [3.8, 4) is 11.5 Å². The number of methoxy groups -OCH3 is 2. The molecule has 2 aromatic carbocycles. The Labute approximate surface area is 170 Å². The van der Waals surface area contributed by atoms with Crippen LogP contribution in [0.3, 0.4) is 0 Å². The van der Waals surface area contributed by atoms with Crippen LogP contribution in [0.15, 0.2) is 53.3 Å². The zero-order chi connectivity index (χ0) is 21.2. The molecule has 0 fully saturated rings. The van der Waals surface area contributed by atoms with Gasteiger partial charge in [-0.2, -0.15) is 0 Å². The summed E-state index contributed by atoms with van der Waals surface area (Å²) >= 11 is 0. The minimum atomic E-state index is -0.485. The summed E-state index contributed by atoms with van der Waals surface area (Å²) < 4.78 is 10.5. The van der Waals surface area contributed by atoms with Gasteiger partial charge in [-0.25, -0.2) is 0 Å². The van der Waals surface area contributed by atoms with E-state index in [2.05, 4.69) is 4.98 Å². The predicted octanol–water partition coefficient (Wildman–Crippen LogP) is 3.99. The van der Waals surface area contributed by atoms with E-state index in [9.17, 15) is 9.59 Å². The predicted molar refractivity (Wildman–Crippen MR) is 114 cm³/mol. The molecule has 3 aromatic rings. The highest BCUT2D eigenvalue weighted by molar-refractivity contribution is 5.95. The summed E-state index contributed by atoms with van der Waals surface area (Å²) in [6, 6.07) is 14.4. The molecule has 0 aliphatic heterocycles. The monoisotopic (exact) mass is 394 g/mol. The number of hydrogen-bond acceptors (Lipinski definition) is 4. The molecular formula is C23H26N2O4. The molecule has 0 bridgehead atoms. The number of pyridine rings is 1. The van der Waals surface area contributed by atoms with E-state index in [0.29, 0.717) is 28.1 Å². The largest absolute Gasteiger partial charge is 0.497 e. The summed E-state index contributed by atoms with van der Waals surface area (Å²) in [6.07, 6.45) is 0. The molecular weight excluding hydrogens is 368 g/mol. The smallest absolute Gasteiger partial charge is 0.254 e. The van der Waals surface area contributed by atoms with Crippen LogP contribution in [0, 0.1) is 0 Å². The Morgan fingerprint density at radius 1 is 1.00 bits per heavy atom. The quantitative estimate of drug-likeness (QED) is 0.710. The minimum Gasteiger partial charge on any atom is -0.497 e. The van der Waals surface area contributed by atoms with Gasteiger partial charge in [0, 0.05) is 22.7 Å². The first-order valence-electron chi connectivity index (χ1n) is 9.39. The van der Waals surface area contributed by atoms with Gasteiger partial charge in [-0.3, -0.25) is 9.59 Å². The van der Waals surface area contributed by atoms with Crippen molar-refractivity contribution in [2.75, 3.05) is 14.2 Å². The van der Waals surface area contributed by atoms with Crippen LogP contribution in [-0.4, -0.2) is 35.5 Å². The molecule has 0 atom stereocenters. The van der Waals surface area contributed by atoms with E-state index in [4.69, 9.17) is 9.47 Å². The third kappa shape index (κ3) is 4.42. The number of benzene rings is 2. The summed E-state index contributed by atoms with van der Waals surface area (Å²) in [7, 11) is 3.15. The van der Waals surface area contributed by atoms with Crippen LogP contribution in [0.4, 0.5) is 0 Å². The van der Waals surface area contributed by atoms with E-state index in [-0.39, 0.29) is 18.0 Å². The van der Waals surface area contributed by atoms with Crippen molar-refractivity contribution in [3.63, 3.8) is 0 Å². The number of amides is 1. The standard InChI is InChI=1S/C23H26N2O4/c1-23(2,3)25(22(27)16-7-6-8-18(12-16)28-4)14-17-11-15-9-10-19(29-5)13-20(15)24-21(17)26/h6-13H,14H2,1-5H3,(H,24,26). The van der Waals surface area contributed by atoms with Gasteiger partial charge in [0.2, 0.25) is 0 Å². The van der Waals surface area contributed by atoms with Crippen LogP contribution in [0.5, 0.6) is 11.5 Å². The number of fused-ring (bicyclic) bond motifs is 1. The second kappa shape index (κ2) is 7.99. The summed E-state index contributed by atoms with van der Waals surface area (Å²) in [5, 5.41) is 0.878. The molecule has 0 aliphatic rings. The summed E-state index contributed by atoms with van der Waals surface area (Å²) in [5.74, 6) is 1.12. The Morgan fingerprint density at radius 3 is 2.34 bits per heavy atom. The van der Waals surface area contributed by atoms with Crippen molar-refractivity contribution in [1.82, 2.24) is 9.88 Å². The van der Waals surface area contributed by atoms with Gasteiger partial charge in [-0.15, -0.1) is 0 Å². The molecule has 152 valence electrons. The molecule has 0 spiro atoms. The minimum absolute atomic E-state index is 0.161. The number of carbonyl (C=O) groups is 1. The van der Waals surface area contributed by atoms with E-state index in [1.165, 1.54) is 0 Å². The average Bonchev–Trinajstić information content (AvgIpc) is 2.70. The lowest BCUT2D eigenvalue weighted by molar-refractivity contribution is 0.0557. The number of rotatable bonds is 5. The first-order valence-corrected chi connectivity index (χ1v) is 9.39. The molecule has 3 rings (SSSR count). The highest BCUT2D eigenvalue weighted by atomic mass is 16.5. The van der Waals surface area contributed by atoms with Gasteiger partial charge >= 0.3 is 0 Å². The number of nitrogens with zero attached hydrogens (tertiary/aromatic N) is 1. The fraction of sp³-hybridized carbons (Fsp3) is 0.304. The van der Waals surface area contributed by atoms with Gasteiger partial charge in [-0.1, -0.05) is 6.07 Å². The molecule has 0 saturated heterocycles. The van der Waals surface area contributed by atoms with Crippen molar-refractivity contribution < 1.29 is 14.3 Å². The molecule has 1 amide bonds. The Bertz CT molecular complexity index is 1100. The van der Waals surface area contributed by atoms with Crippen LogP contribution >= 0.6 is 0 Å². The molecule has 0 unspecified atom stereocenters. The molecule has 1 aromatic heterocycles. The van der Waals surface area contributed by atoms with Gasteiger partial charge in [0.1, 0.15) is 11.5 Å². The van der Waals surface area contributed by atoms with Gasteiger partial charge in [0.25, 0.3) is 11.5 Å². The number of aromatic amines is 1. The van der Waals surface area contributed by atoms with Gasteiger partial charge in [0.05, 0.1) is 26.3 Å². The topological polar surface area (TPSA) is 71.6 Å². The van der Waals surface area contributed by atoms with Crippen molar-refractivity contribution in [2.45, 2.75) is 32.9 Å². The molecule has 1 N–H and O–H groups in total. The Hall–Kier alpha value is -3.28. The van der Waals surface area contributed by atoms with Crippen molar-refractivity contribution in [1.29, 1.82) is 0 Å². The van der Waals surface area contributed by atoms with Crippen LogP contribution in [0.2, 0.25) is 0 Å². The highest BCUT2D eigenvalue weighted by Crippen LogP contribution is 2.24. The second-order valence-electron chi connectivity index (χ2n) is 7.87. The number of aromatic nitrogens is 1. The van der Waals surface area contributed by atoms with Crippen LogP contribution < -0.4 is 15.0 Å². The Morgan fingerprint density at radius 2 is 1.69 bits per heavy atom. The molecule has 1 heterocycles. The maximum atomic E-state index is 13.3. The van der Waals surface area contributed by atoms with Crippen molar-refractivity contribution in [2.24, 2.45) is 0 Å². The lowest BCUT2D eigenvalue weighted by Gasteiger charge is -2.36. The lowest BCUT2D eigenvalue weighted by Crippen LogP contribution is -2.46. The van der Waals surface area contributed by atoms with E-state index in [1.54, 1.807) is 49.5 Å². The first-order chi connectivity index (χ1) is 13.7. The zero-order valence-electron chi connectivity index (χ0n) is 17.4. The molecule has 6 heteroatoms. The molecule has 29 heavy (non-hydrogen) atoms. The fourth-order valence-electron chi connectivity index (χ4n) is 3.17. The van der Waals surface area contributed by atoms with E-state index < -0.39 is 5.54 Å². The fourth-order valence-corrected chi connectivity index (χ4v) is 3.17. The average molecular weight is 394 g/mol. The maximum Gasteiger partial charge on any atom is 0.254 e. The third-order valence-electron chi connectivity index (χ3n) is 4.83. The zero-order valence-corrected chi connectivity index (χ0v) is 17.4. The van der Waals surface area contributed by atoms with Gasteiger partial charge < -0.3 is 19.4 Å². The van der Waals surface area contributed by atoms with Crippen LogP contribution in [0.25, 0.3) is 10.9 Å². The lowest BCUT2D eigenvalue weighted by atomic mass is 10.0. The van der Waals surface area contributed by atoms with Crippen LogP contribution in [0.1, 0.15) is 36.7 Å². The number of H-pyrrole nitrogens is 1. The molecule has 0 aliphatic carbocycles. The van der Waals surface area contributed by atoms with Gasteiger partial charge in [-0.05, 0) is 62.6 Å². The normalized spacial score (nSPS) is 11.3. The van der Waals surface area contributed by atoms with E-state index >= 15 is 0 Å². The van der Waals surface area contributed by atoms with E-state index in [1.807, 2.05) is 39.0 Å². The van der Waals surface area contributed by atoms with E-state index in [0.717, 1.165) is 5.39 Å². The number of ether oxygens (including phenoxy) is 2. The summed E-state index contributed by atoms with van der Waals surface area (Å²) in [6.45, 7) is 6.04. The second-order valence-corrected chi connectivity index (χ2v) is 7.87. The first kappa shape index (κ1) is 20.5. The van der Waals surface area contributed by atoms with Gasteiger partial charge in [0.15, 0.2) is 0 Å². The third-order valence-corrected chi connectivity index (χ3v) is 4.83. The number of nitrogens with one attached hydrogen (secondary N) is 1. The SMILES string of the molecule is COc1cccc(C(=O)N(Cc2cc3ccc(OC)cc3[nH]c2=O)C(C)(C)C)c1. The highest BCUT2D eigenvalue weighted by Gasteiger charge is 2.28. The maximum absolute atomic E-state index is 13.3. The molecule has 0 radical (unpaired) electrons. The Balaban J connectivity index is 2.00. The van der Waals surface area contributed by atoms with Crippen molar-refractivity contribution >= 4 is 16.8 Å². The van der Waals surface area contributed by atoms with Crippen LogP contribution in [-0.2, 0) is 6.54 Å². The molecule has 6 nitrogen and oxygen atoms in total.